The molecule has 34 heavy (non-hydrogen) atoms. The maximum absolute atomic E-state index is 13.5. The zero-order valence-corrected chi connectivity index (χ0v) is 20.4. The van der Waals surface area contributed by atoms with E-state index in [0.29, 0.717) is 27.8 Å². The van der Waals surface area contributed by atoms with Gasteiger partial charge < -0.3 is 5.32 Å². The van der Waals surface area contributed by atoms with Crippen LogP contribution in [0.25, 0.3) is 0 Å². The Labute approximate surface area is 212 Å². The number of aryl methyl sites for hydroxylation is 1. The number of halogens is 2. The Hall–Kier alpha value is -3.24. The molecule has 3 aromatic carbocycles. The van der Waals surface area contributed by atoms with Crippen LogP contribution in [-0.2, 0) is 16.0 Å². The van der Waals surface area contributed by atoms with Crippen molar-refractivity contribution in [2.75, 3.05) is 10.2 Å². The standard InChI is InChI=1S/C26H19Cl2N3O2S/c1-16-6-5-7-19(12-16)30-24(32)21(15-29)26-31(20-8-3-2-4-9-20)25(33)23(34-26)14-17-13-18(27)10-11-22(17)28/h2-13,23H,14H2,1H3,(H,30,32). The van der Waals surface area contributed by atoms with Gasteiger partial charge in [-0.1, -0.05) is 65.3 Å². The SMILES string of the molecule is Cc1cccc(NC(=O)C(C#N)=C2SC(Cc3cc(Cl)ccc3Cl)C(=O)N2c2ccccc2)c1. The van der Waals surface area contributed by atoms with Gasteiger partial charge in [-0.05, 0) is 66.9 Å². The number of anilines is 2. The number of hydrogen-bond acceptors (Lipinski definition) is 4. The molecule has 0 spiro atoms. The Morgan fingerprint density at radius 1 is 1.09 bits per heavy atom. The molecule has 1 N–H and O–H groups in total. The van der Waals surface area contributed by atoms with Crippen LogP contribution in [0.3, 0.4) is 0 Å². The van der Waals surface area contributed by atoms with E-state index >= 15 is 0 Å². The minimum atomic E-state index is -0.582. The Morgan fingerprint density at radius 2 is 1.85 bits per heavy atom. The lowest BCUT2D eigenvalue weighted by Gasteiger charge is -2.18. The van der Waals surface area contributed by atoms with Crippen LogP contribution < -0.4 is 10.2 Å². The molecule has 5 nitrogen and oxygen atoms in total. The van der Waals surface area contributed by atoms with E-state index in [9.17, 15) is 14.9 Å². The first kappa shape index (κ1) is 23.9. The van der Waals surface area contributed by atoms with Gasteiger partial charge in [0.2, 0.25) is 5.91 Å². The summed E-state index contributed by atoms with van der Waals surface area (Å²) in [6.07, 6.45) is 0.300. The number of benzene rings is 3. The van der Waals surface area contributed by atoms with Gasteiger partial charge in [-0.3, -0.25) is 14.5 Å². The highest BCUT2D eigenvalue weighted by Crippen LogP contribution is 2.42. The zero-order chi connectivity index (χ0) is 24.2. The summed E-state index contributed by atoms with van der Waals surface area (Å²) in [4.78, 5) is 28.1. The summed E-state index contributed by atoms with van der Waals surface area (Å²) in [5.74, 6) is -0.816. The Kier molecular flexibility index (Phi) is 7.28. The second-order valence-corrected chi connectivity index (χ2v) is 9.71. The molecule has 1 unspecified atom stereocenters. The van der Waals surface area contributed by atoms with E-state index in [0.717, 1.165) is 11.1 Å². The average molecular weight is 508 g/mol. The van der Waals surface area contributed by atoms with Crippen LogP contribution >= 0.6 is 35.0 Å². The van der Waals surface area contributed by atoms with E-state index in [4.69, 9.17) is 23.2 Å². The number of nitrogens with one attached hydrogen (secondary N) is 1. The fourth-order valence-electron chi connectivity index (χ4n) is 3.61. The zero-order valence-electron chi connectivity index (χ0n) is 18.1. The van der Waals surface area contributed by atoms with Gasteiger partial charge in [-0.15, -0.1) is 0 Å². The average Bonchev–Trinajstić information content (AvgIpc) is 3.13. The molecule has 1 aliphatic heterocycles. The monoisotopic (exact) mass is 507 g/mol. The molecule has 8 heteroatoms. The van der Waals surface area contributed by atoms with E-state index in [1.54, 1.807) is 48.5 Å². The van der Waals surface area contributed by atoms with Gasteiger partial charge in [-0.2, -0.15) is 5.26 Å². The van der Waals surface area contributed by atoms with Crippen molar-refractivity contribution in [3.05, 3.63) is 105 Å². The lowest BCUT2D eigenvalue weighted by Crippen LogP contribution is -2.31. The number of hydrogen-bond donors (Lipinski definition) is 1. The topological polar surface area (TPSA) is 73.2 Å². The van der Waals surface area contributed by atoms with Crippen molar-refractivity contribution in [1.29, 1.82) is 5.26 Å². The predicted octanol–water partition coefficient (Wildman–Crippen LogP) is 6.37. The molecule has 1 atom stereocenters. The molecule has 0 aliphatic carbocycles. The van der Waals surface area contributed by atoms with Crippen LogP contribution in [0.5, 0.6) is 0 Å². The first-order valence-corrected chi connectivity index (χ1v) is 12.0. The largest absolute Gasteiger partial charge is 0.321 e. The van der Waals surface area contributed by atoms with Crippen LogP contribution in [0, 0.1) is 18.3 Å². The Morgan fingerprint density at radius 3 is 2.56 bits per heavy atom. The molecule has 1 fully saturated rings. The van der Waals surface area contributed by atoms with Crippen LogP contribution in [0.2, 0.25) is 10.0 Å². The normalized spacial score (nSPS) is 16.8. The van der Waals surface area contributed by atoms with Crippen LogP contribution in [0.4, 0.5) is 11.4 Å². The smallest absolute Gasteiger partial charge is 0.269 e. The fraction of sp³-hybridized carbons (Fsp3) is 0.115. The van der Waals surface area contributed by atoms with E-state index in [1.165, 1.54) is 16.7 Å². The van der Waals surface area contributed by atoms with Crippen molar-refractivity contribution in [3.63, 3.8) is 0 Å². The van der Waals surface area contributed by atoms with Crippen molar-refractivity contribution in [3.8, 4) is 6.07 Å². The van der Waals surface area contributed by atoms with E-state index in [-0.39, 0.29) is 16.5 Å². The number of carbonyl (C=O) groups is 2. The van der Waals surface area contributed by atoms with E-state index < -0.39 is 11.2 Å². The number of nitrogens with zero attached hydrogens (tertiary/aromatic N) is 2. The van der Waals surface area contributed by atoms with Crippen molar-refractivity contribution in [1.82, 2.24) is 0 Å². The quantitative estimate of drug-likeness (QED) is 0.321. The maximum Gasteiger partial charge on any atom is 0.269 e. The first-order valence-electron chi connectivity index (χ1n) is 10.4. The maximum atomic E-state index is 13.5. The van der Waals surface area contributed by atoms with Gasteiger partial charge in [0.25, 0.3) is 5.91 Å². The predicted molar refractivity (Wildman–Crippen MR) is 138 cm³/mol. The van der Waals surface area contributed by atoms with Crippen molar-refractivity contribution < 1.29 is 9.59 Å². The third-order valence-corrected chi connectivity index (χ3v) is 7.08. The minimum Gasteiger partial charge on any atom is -0.321 e. The van der Waals surface area contributed by atoms with E-state index in [1.807, 2.05) is 37.3 Å². The molecule has 170 valence electrons. The van der Waals surface area contributed by atoms with Gasteiger partial charge in [-0.25, -0.2) is 0 Å². The lowest BCUT2D eigenvalue weighted by molar-refractivity contribution is -0.117. The summed E-state index contributed by atoms with van der Waals surface area (Å²) in [6.45, 7) is 1.91. The summed E-state index contributed by atoms with van der Waals surface area (Å²) < 4.78 is 0. The lowest BCUT2D eigenvalue weighted by atomic mass is 10.1. The molecule has 0 radical (unpaired) electrons. The molecule has 2 amide bonds. The summed E-state index contributed by atoms with van der Waals surface area (Å²) in [7, 11) is 0. The molecule has 0 saturated carbocycles. The first-order chi connectivity index (χ1) is 16.4. The van der Waals surface area contributed by atoms with Gasteiger partial charge in [0, 0.05) is 21.4 Å². The Bertz CT molecular complexity index is 1340. The highest BCUT2D eigenvalue weighted by atomic mass is 35.5. The van der Waals surface area contributed by atoms with Crippen LogP contribution in [0.1, 0.15) is 11.1 Å². The second kappa shape index (κ2) is 10.4. The number of thioether (sulfide) groups is 1. The van der Waals surface area contributed by atoms with Gasteiger partial charge >= 0.3 is 0 Å². The number of rotatable bonds is 5. The molecular weight excluding hydrogens is 489 g/mol. The van der Waals surface area contributed by atoms with Crippen LogP contribution in [0.15, 0.2) is 83.4 Å². The second-order valence-electron chi connectivity index (χ2n) is 7.67. The third-order valence-electron chi connectivity index (χ3n) is 5.21. The summed E-state index contributed by atoms with van der Waals surface area (Å²) in [6, 6.07) is 23.3. The molecule has 0 aromatic heterocycles. The number of para-hydroxylation sites is 1. The van der Waals surface area contributed by atoms with E-state index in [2.05, 4.69) is 5.32 Å². The molecule has 1 aliphatic rings. The number of amides is 2. The summed E-state index contributed by atoms with van der Waals surface area (Å²) >= 11 is 13.6. The van der Waals surface area contributed by atoms with Gasteiger partial charge in [0.1, 0.15) is 16.7 Å². The minimum absolute atomic E-state index is 0.136. The molecule has 4 rings (SSSR count). The van der Waals surface area contributed by atoms with Gasteiger partial charge in [0.05, 0.1) is 5.25 Å². The van der Waals surface area contributed by atoms with Crippen LogP contribution in [-0.4, -0.2) is 17.1 Å². The Balaban J connectivity index is 1.73. The molecule has 0 bridgehead atoms. The number of carbonyl (C=O) groups excluding carboxylic acids is 2. The van der Waals surface area contributed by atoms with Crippen molar-refractivity contribution in [2.24, 2.45) is 0 Å². The third kappa shape index (κ3) is 5.13. The summed E-state index contributed by atoms with van der Waals surface area (Å²) in [5, 5.41) is 13.4. The molecular formula is C26H19Cl2N3O2S. The number of nitriles is 1. The highest BCUT2D eigenvalue weighted by molar-refractivity contribution is 8.05. The molecule has 3 aromatic rings. The fourth-order valence-corrected chi connectivity index (χ4v) is 5.30. The summed E-state index contributed by atoms with van der Waals surface area (Å²) in [5.41, 5.74) is 2.70. The van der Waals surface area contributed by atoms with Gasteiger partial charge in [0.15, 0.2) is 0 Å². The molecule has 1 heterocycles. The highest BCUT2D eigenvalue weighted by Gasteiger charge is 2.41. The van der Waals surface area contributed by atoms with Crippen molar-refractivity contribution >= 4 is 58.2 Å². The molecule has 1 saturated heterocycles. The van der Waals surface area contributed by atoms with Crippen molar-refractivity contribution in [2.45, 2.75) is 18.6 Å².